The Morgan fingerprint density at radius 1 is 1.24 bits per heavy atom. The van der Waals surface area contributed by atoms with E-state index in [0.29, 0.717) is 35.2 Å². The highest BCUT2D eigenvalue weighted by atomic mass is 16.7. The maximum absolute atomic E-state index is 12.8. The van der Waals surface area contributed by atoms with Gasteiger partial charge in [0.25, 0.3) is 5.91 Å². The Morgan fingerprint density at radius 3 is 2.76 bits per heavy atom. The number of nitrogens with one attached hydrogen (secondary N) is 1. The second-order valence-corrected chi connectivity index (χ2v) is 6.22. The van der Waals surface area contributed by atoms with Gasteiger partial charge in [-0.15, -0.1) is 0 Å². The molecule has 5 nitrogen and oxygen atoms in total. The maximum Gasteiger partial charge on any atom is 0.257 e. The summed E-state index contributed by atoms with van der Waals surface area (Å²) in [7, 11) is 1.91. The monoisotopic (exact) mass is 288 g/mol. The van der Waals surface area contributed by atoms with Gasteiger partial charge in [0, 0.05) is 25.2 Å². The molecule has 4 rings (SSSR count). The molecule has 112 valence electrons. The summed E-state index contributed by atoms with van der Waals surface area (Å²) in [5.41, 5.74) is 0.610. The average molecular weight is 288 g/mol. The molecule has 2 atom stereocenters. The highest BCUT2D eigenvalue weighted by Crippen LogP contribution is 2.37. The lowest BCUT2D eigenvalue weighted by Crippen LogP contribution is -2.48. The standard InChI is InChI=1S/C16H20N2O3/c1-18(12-7-10-5-6-11(8-12)17-10)16(19)13-3-2-4-14-15(13)21-9-20-14/h2-4,10-12,17H,5-9H2,1H3. The van der Waals surface area contributed by atoms with Crippen molar-refractivity contribution in [3.63, 3.8) is 0 Å². The summed E-state index contributed by atoms with van der Waals surface area (Å²) < 4.78 is 10.8. The van der Waals surface area contributed by atoms with Gasteiger partial charge in [0.15, 0.2) is 11.5 Å². The van der Waals surface area contributed by atoms with Gasteiger partial charge in [-0.05, 0) is 37.8 Å². The fourth-order valence-electron chi connectivity index (χ4n) is 3.80. The molecular weight excluding hydrogens is 268 g/mol. The number of piperidine rings is 1. The summed E-state index contributed by atoms with van der Waals surface area (Å²) in [5.74, 6) is 1.29. The van der Waals surface area contributed by atoms with Crippen molar-refractivity contribution in [3.8, 4) is 11.5 Å². The zero-order valence-electron chi connectivity index (χ0n) is 12.2. The van der Waals surface area contributed by atoms with E-state index in [2.05, 4.69) is 5.32 Å². The van der Waals surface area contributed by atoms with E-state index in [-0.39, 0.29) is 12.7 Å². The van der Waals surface area contributed by atoms with E-state index in [1.54, 1.807) is 0 Å². The fraction of sp³-hybridized carbons (Fsp3) is 0.562. The van der Waals surface area contributed by atoms with Gasteiger partial charge in [0.1, 0.15) is 0 Å². The zero-order chi connectivity index (χ0) is 14.4. The molecule has 3 heterocycles. The molecule has 0 aliphatic carbocycles. The Morgan fingerprint density at radius 2 is 2.00 bits per heavy atom. The van der Waals surface area contributed by atoms with Crippen molar-refractivity contribution in [1.82, 2.24) is 10.2 Å². The number of fused-ring (bicyclic) bond motifs is 3. The molecule has 2 saturated heterocycles. The van der Waals surface area contributed by atoms with Crippen LogP contribution in [0.4, 0.5) is 0 Å². The minimum Gasteiger partial charge on any atom is -0.454 e. The smallest absolute Gasteiger partial charge is 0.257 e. The molecule has 3 aliphatic rings. The van der Waals surface area contributed by atoms with E-state index in [9.17, 15) is 4.79 Å². The van der Waals surface area contributed by atoms with Crippen molar-refractivity contribution in [2.45, 2.75) is 43.8 Å². The van der Waals surface area contributed by atoms with Crippen molar-refractivity contribution in [2.75, 3.05) is 13.8 Å². The number of rotatable bonds is 2. The average Bonchev–Trinajstić information content (AvgIpc) is 3.11. The van der Waals surface area contributed by atoms with E-state index < -0.39 is 0 Å². The van der Waals surface area contributed by atoms with Gasteiger partial charge in [0.05, 0.1) is 5.56 Å². The zero-order valence-corrected chi connectivity index (χ0v) is 12.2. The minimum atomic E-state index is 0.0312. The second kappa shape index (κ2) is 4.91. The summed E-state index contributed by atoms with van der Waals surface area (Å²) in [4.78, 5) is 14.7. The number of ether oxygens (including phenoxy) is 2. The lowest BCUT2D eigenvalue weighted by Gasteiger charge is -2.35. The Balaban J connectivity index is 1.56. The van der Waals surface area contributed by atoms with Gasteiger partial charge in [-0.2, -0.15) is 0 Å². The molecule has 0 saturated carbocycles. The first kappa shape index (κ1) is 13.0. The Labute approximate surface area is 124 Å². The highest BCUT2D eigenvalue weighted by Gasteiger charge is 2.37. The number of benzene rings is 1. The normalized spacial score (nSPS) is 29.5. The van der Waals surface area contributed by atoms with Crippen LogP contribution in [0.15, 0.2) is 18.2 Å². The van der Waals surface area contributed by atoms with Crippen LogP contribution in [-0.2, 0) is 0 Å². The summed E-state index contributed by atoms with van der Waals surface area (Å²) in [6, 6.07) is 6.97. The second-order valence-electron chi connectivity index (χ2n) is 6.22. The Bertz CT molecular complexity index is 563. The molecule has 2 fully saturated rings. The summed E-state index contributed by atoms with van der Waals surface area (Å²) in [6.45, 7) is 0.195. The Hall–Kier alpha value is -1.75. The molecule has 21 heavy (non-hydrogen) atoms. The van der Waals surface area contributed by atoms with Gasteiger partial charge in [-0.25, -0.2) is 0 Å². The van der Waals surface area contributed by atoms with Crippen LogP contribution in [0.2, 0.25) is 0 Å². The van der Waals surface area contributed by atoms with Crippen molar-refractivity contribution >= 4 is 5.91 Å². The maximum atomic E-state index is 12.8. The van der Waals surface area contributed by atoms with Crippen LogP contribution in [-0.4, -0.2) is 42.8 Å². The van der Waals surface area contributed by atoms with Crippen molar-refractivity contribution in [2.24, 2.45) is 0 Å². The number of hydrogen-bond donors (Lipinski definition) is 1. The largest absolute Gasteiger partial charge is 0.454 e. The minimum absolute atomic E-state index is 0.0312. The van der Waals surface area contributed by atoms with E-state index in [0.717, 1.165) is 12.8 Å². The molecule has 2 unspecified atom stereocenters. The number of carbonyl (C=O) groups is 1. The quantitative estimate of drug-likeness (QED) is 0.901. The van der Waals surface area contributed by atoms with E-state index in [4.69, 9.17) is 9.47 Å². The van der Waals surface area contributed by atoms with Gasteiger partial charge < -0.3 is 19.7 Å². The van der Waals surface area contributed by atoms with Crippen LogP contribution in [0, 0.1) is 0 Å². The SMILES string of the molecule is CN(C(=O)c1cccc2c1OCO2)C1CC2CCC(C1)N2. The Kier molecular flexibility index (Phi) is 3.03. The number of amides is 1. The predicted octanol–water partition coefficient (Wildman–Crippen LogP) is 1.77. The first-order valence-corrected chi connectivity index (χ1v) is 7.64. The third-order valence-electron chi connectivity index (χ3n) is 4.94. The molecule has 0 spiro atoms. The van der Waals surface area contributed by atoms with Crippen LogP contribution in [0.5, 0.6) is 11.5 Å². The van der Waals surface area contributed by atoms with Crippen molar-refractivity contribution in [3.05, 3.63) is 23.8 Å². The molecule has 1 N–H and O–H groups in total. The third-order valence-corrected chi connectivity index (χ3v) is 4.94. The molecular formula is C16H20N2O3. The van der Waals surface area contributed by atoms with E-state index in [1.165, 1.54) is 12.8 Å². The lowest BCUT2D eigenvalue weighted by atomic mass is 9.98. The van der Waals surface area contributed by atoms with Gasteiger partial charge in [-0.3, -0.25) is 4.79 Å². The summed E-state index contributed by atoms with van der Waals surface area (Å²) in [5, 5.41) is 3.61. The molecule has 1 amide bonds. The van der Waals surface area contributed by atoms with Crippen LogP contribution < -0.4 is 14.8 Å². The van der Waals surface area contributed by atoms with E-state index >= 15 is 0 Å². The summed E-state index contributed by atoms with van der Waals surface area (Å²) in [6.07, 6.45) is 4.57. The number of para-hydroxylation sites is 1. The molecule has 0 aromatic heterocycles. The first-order chi connectivity index (χ1) is 10.2. The van der Waals surface area contributed by atoms with Crippen LogP contribution in [0.3, 0.4) is 0 Å². The van der Waals surface area contributed by atoms with Gasteiger partial charge in [-0.1, -0.05) is 6.07 Å². The third kappa shape index (κ3) is 2.16. The predicted molar refractivity (Wildman–Crippen MR) is 77.6 cm³/mol. The van der Waals surface area contributed by atoms with Crippen LogP contribution >= 0.6 is 0 Å². The lowest BCUT2D eigenvalue weighted by molar-refractivity contribution is 0.0677. The number of nitrogens with zero attached hydrogens (tertiary/aromatic N) is 1. The van der Waals surface area contributed by atoms with Crippen LogP contribution in [0.1, 0.15) is 36.0 Å². The van der Waals surface area contributed by atoms with Crippen LogP contribution in [0.25, 0.3) is 0 Å². The topological polar surface area (TPSA) is 50.8 Å². The van der Waals surface area contributed by atoms with E-state index in [1.807, 2.05) is 30.1 Å². The molecule has 5 heteroatoms. The van der Waals surface area contributed by atoms with Crippen molar-refractivity contribution < 1.29 is 14.3 Å². The van der Waals surface area contributed by atoms with Crippen molar-refractivity contribution in [1.29, 1.82) is 0 Å². The molecule has 1 aromatic carbocycles. The first-order valence-electron chi connectivity index (χ1n) is 7.64. The molecule has 2 bridgehead atoms. The number of hydrogen-bond acceptors (Lipinski definition) is 4. The molecule has 0 radical (unpaired) electrons. The summed E-state index contributed by atoms with van der Waals surface area (Å²) >= 11 is 0. The molecule has 3 aliphatic heterocycles. The van der Waals surface area contributed by atoms with Gasteiger partial charge in [0.2, 0.25) is 6.79 Å². The van der Waals surface area contributed by atoms with Gasteiger partial charge >= 0.3 is 0 Å². The highest BCUT2D eigenvalue weighted by molar-refractivity contribution is 5.98. The fourth-order valence-corrected chi connectivity index (χ4v) is 3.80. The molecule has 1 aromatic rings. The number of carbonyl (C=O) groups excluding carboxylic acids is 1.